The van der Waals surface area contributed by atoms with Gasteiger partial charge in [0.2, 0.25) is 11.8 Å². The molecule has 1 aromatic carbocycles. The van der Waals surface area contributed by atoms with Gasteiger partial charge in [0.25, 0.3) is 0 Å². The summed E-state index contributed by atoms with van der Waals surface area (Å²) in [6, 6.07) is 2.93. The Kier molecular flexibility index (Phi) is 5.23. The number of carbonyl (C=O) groups is 2. The molecule has 0 saturated heterocycles. The second-order valence-corrected chi connectivity index (χ2v) is 5.53. The fourth-order valence-corrected chi connectivity index (χ4v) is 2.51. The lowest BCUT2D eigenvalue weighted by atomic mass is 10.3. The Bertz CT molecular complexity index is 708. The molecule has 1 heterocycles. The maximum absolute atomic E-state index is 12.0. The number of amides is 2. The van der Waals surface area contributed by atoms with Gasteiger partial charge in [0.05, 0.1) is 21.9 Å². The monoisotopic (exact) mass is 361 g/mol. The highest BCUT2D eigenvalue weighted by atomic mass is 35.5. The predicted octanol–water partition coefficient (Wildman–Crippen LogP) is 2.84. The molecule has 0 spiro atoms. The Balaban J connectivity index is 2.04. The normalized spacial score (nSPS) is 10.4. The molecule has 1 aromatic heterocycles. The van der Waals surface area contributed by atoms with Gasteiger partial charge in [-0.1, -0.05) is 40.0 Å². The van der Waals surface area contributed by atoms with Gasteiger partial charge in [0, 0.05) is 11.9 Å². The van der Waals surface area contributed by atoms with Crippen LogP contribution in [0.2, 0.25) is 15.1 Å². The fourth-order valence-electron chi connectivity index (χ4n) is 1.60. The van der Waals surface area contributed by atoms with Crippen LogP contribution in [0.15, 0.2) is 18.3 Å². The highest BCUT2D eigenvalue weighted by molar-refractivity contribution is 6.42. The number of nitrogens with zero attached hydrogens (tertiary/aromatic N) is 3. The second kappa shape index (κ2) is 6.95. The maximum Gasteiger partial charge on any atom is 0.246 e. The van der Waals surface area contributed by atoms with E-state index in [1.807, 2.05) is 0 Å². The van der Waals surface area contributed by atoms with Gasteiger partial charge in [-0.15, -0.1) is 5.10 Å². The highest BCUT2D eigenvalue weighted by Crippen LogP contribution is 2.33. The van der Waals surface area contributed by atoms with Gasteiger partial charge >= 0.3 is 0 Å². The first kappa shape index (κ1) is 16.5. The fraction of sp³-hybridized carbons (Fsp3) is 0.167. The summed E-state index contributed by atoms with van der Waals surface area (Å²) < 4.78 is 1.26. The minimum absolute atomic E-state index is 0.123. The first-order valence-electron chi connectivity index (χ1n) is 5.97. The van der Waals surface area contributed by atoms with Crippen LogP contribution in [0.1, 0.15) is 6.92 Å². The number of carbonyl (C=O) groups excluding carboxylic acids is 2. The molecule has 7 nitrogen and oxygen atoms in total. The average molecular weight is 363 g/mol. The summed E-state index contributed by atoms with van der Waals surface area (Å²) in [4.78, 5) is 22.8. The van der Waals surface area contributed by atoms with Crippen LogP contribution in [0.4, 0.5) is 11.5 Å². The first-order chi connectivity index (χ1) is 10.3. The van der Waals surface area contributed by atoms with Crippen molar-refractivity contribution in [3.05, 3.63) is 33.4 Å². The van der Waals surface area contributed by atoms with Crippen LogP contribution in [0.3, 0.4) is 0 Å². The molecule has 2 N–H and O–H groups in total. The number of rotatable bonds is 4. The number of hydrogen-bond acceptors (Lipinski definition) is 4. The van der Waals surface area contributed by atoms with Crippen molar-refractivity contribution >= 4 is 58.1 Å². The molecule has 0 unspecified atom stereocenters. The SMILES string of the molecule is CC(=O)Nc1cn(CC(=O)Nc2c(Cl)cc(Cl)cc2Cl)nn1. The van der Waals surface area contributed by atoms with E-state index < -0.39 is 5.91 Å². The Hall–Kier alpha value is -1.83. The largest absolute Gasteiger partial charge is 0.322 e. The summed E-state index contributed by atoms with van der Waals surface area (Å²) in [7, 11) is 0. The number of halogens is 3. The van der Waals surface area contributed by atoms with Crippen molar-refractivity contribution in [2.24, 2.45) is 0 Å². The lowest BCUT2D eigenvalue weighted by molar-refractivity contribution is -0.117. The number of nitrogens with one attached hydrogen (secondary N) is 2. The lowest BCUT2D eigenvalue weighted by Crippen LogP contribution is -2.19. The molecule has 0 aliphatic heterocycles. The van der Waals surface area contributed by atoms with Crippen LogP contribution in [0.25, 0.3) is 0 Å². The van der Waals surface area contributed by atoms with Gasteiger partial charge in [-0.05, 0) is 12.1 Å². The minimum Gasteiger partial charge on any atom is -0.322 e. The Morgan fingerprint density at radius 2 is 1.82 bits per heavy atom. The standard InChI is InChI=1S/C12H10Cl3N5O2/c1-6(21)16-10-4-20(19-18-10)5-11(22)17-12-8(14)2-7(13)3-9(12)15/h2-4H,5H2,1H3,(H,16,21)(H,17,22). The zero-order valence-electron chi connectivity index (χ0n) is 11.2. The predicted molar refractivity (Wildman–Crippen MR) is 84.4 cm³/mol. The van der Waals surface area contributed by atoms with Crippen molar-refractivity contribution in [1.29, 1.82) is 0 Å². The quantitative estimate of drug-likeness (QED) is 0.875. The summed E-state index contributed by atoms with van der Waals surface area (Å²) in [5.74, 6) is -0.440. The molecule has 0 atom stereocenters. The molecule has 2 rings (SSSR count). The van der Waals surface area contributed by atoms with Gasteiger partial charge in [-0.25, -0.2) is 4.68 Å². The van der Waals surface area contributed by atoms with Crippen LogP contribution in [0.5, 0.6) is 0 Å². The van der Waals surface area contributed by atoms with E-state index in [1.165, 1.54) is 29.9 Å². The number of benzene rings is 1. The smallest absolute Gasteiger partial charge is 0.246 e. The third kappa shape index (κ3) is 4.33. The summed E-state index contributed by atoms with van der Waals surface area (Å²) in [5, 5.41) is 13.2. The van der Waals surface area contributed by atoms with Crippen LogP contribution in [0, 0.1) is 0 Å². The van der Waals surface area contributed by atoms with Crippen molar-refractivity contribution in [1.82, 2.24) is 15.0 Å². The minimum atomic E-state index is -0.412. The van der Waals surface area contributed by atoms with Gasteiger partial charge in [-0.3, -0.25) is 9.59 Å². The topological polar surface area (TPSA) is 88.9 Å². The van der Waals surface area contributed by atoms with Gasteiger partial charge in [0.15, 0.2) is 5.82 Å². The molecular formula is C12H10Cl3N5O2. The molecule has 0 radical (unpaired) electrons. The molecular weight excluding hydrogens is 353 g/mol. The molecule has 2 aromatic rings. The van der Waals surface area contributed by atoms with Gasteiger partial charge in [0.1, 0.15) is 6.54 Å². The van der Waals surface area contributed by atoms with E-state index in [4.69, 9.17) is 34.8 Å². The Morgan fingerprint density at radius 1 is 1.18 bits per heavy atom. The molecule has 0 aliphatic rings. The average Bonchev–Trinajstić information content (AvgIpc) is 2.80. The van der Waals surface area contributed by atoms with E-state index >= 15 is 0 Å². The van der Waals surface area contributed by atoms with E-state index in [1.54, 1.807) is 0 Å². The van der Waals surface area contributed by atoms with E-state index in [0.29, 0.717) is 5.02 Å². The molecule has 116 valence electrons. The molecule has 0 bridgehead atoms. The molecule has 0 fully saturated rings. The van der Waals surface area contributed by atoms with Crippen molar-refractivity contribution < 1.29 is 9.59 Å². The Morgan fingerprint density at radius 3 is 2.41 bits per heavy atom. The third-order valence-corrected chi connectivity index (χ3v) is 3.23. The van der Waals surface area contributed by atoms with Crippen LogP contribution in [-0.2, 0) is 16.1 Å². The van der Waals surface area contributed by atoms with Gasteiger partial charge in [-0.2, -0.15) is 0 Å². The number of anilines is 2. The molecule has 0 saturated carbocycles. The van der Waals surface area contributed by atoms with Crippen molar-refractivity contribution in [3.63, 3.8) is 0 Å². The lowest BCUT2D eigenvalue weighted by Gasteiger charge is -2.09. The highest BCUT2D eigenvalue weighted by Gasteiger charge is 2.12. The summed E-state index contributed by atoms with van der Waals surface area (Å²) >= 11 is 17.7. The molecule has 22 heavy (non-hydrogen) atoms. The summed E-state index contributed by atoms with van der Waals surface area (Å²) in [6.45, 7) is 1.22. The van der Waals surface area contributed by atoms with E-state index in [-0.39, 0.29) is 34.0 Å². The van der Waals surface area contributed by atoms with E-state index in [2.05, 4.69) is 20.9 Å². The van der Waals surface area contributed by atoms with Gasteiger partial charge < -0.3 is 10.6 Å². The molecule has 0 aliphatic carbocycles. The summed E-state index contributed by atoms with van der Waals surface area (Å²) in [6.07, 6.45) is 1.42. The third-order valence-electron chi connectivity index (χ3n) is 2.42. The summed E-state index contributed by atoms with van der Waals surface area (Å²) in [5.41, 5.74) is 0.264. The maximum atomic E-state index is 12.0. The van der Waals surface area contributed by atoms with Crippen molar-refractivity contribution in [2.45, 2.75) is 13.5 Å². The van der Waals surface area contributed by atoms with Crippen LogP contribution in [-0.4, -0.2) is 26.8 Å². The number of aromatic nitrogens is 3. The van der Waals surface area contributed by atoms with Crippen molar-refractivity contribution in [2.75, 3.05) is 10.6 Å². The second-order valence-electron chi connectivity index (χ2n) is 4.28. The van der Waals surface area contributed by atoms with Crippen LogP contribution < -0.4 is 10.6 Å². The van der Waals surface area contributed by atoms with Crippen molar-refractivity contribution in [3.8, 4) is 0 Å². The zero-order chi connectivity index (χ0) is 16.3. The zero-order valence-corrected chi connectivity index (χ0v) is 13.5. The van der Waals surface area contributed by atoms with E-state index in [9.17, 15) is 9.59 Å². The molecule has 2 amide bonds. The van der Waals surface area contributed by atoms with Crippen LogP contribution >= 0.6 is 34.8 Å². The first-order valence-corrected chi connectivity index (χ1v) is 7.10. The van der Waals surface area contributed by atoms with E-state index in [0.717, 1.165) is 0 Å². The molecule has 10 heteroatoms. The Labute approximate surface area is 140 Å². The number of hydrogen-bond donors (Lipinski definition) is 2.